The van der Waals surface area contributed by atoms with Crippen LogP contribution in [0.15, 0.2) is 77.5 Å². The summed E-state index contributed by atoms with van der Waals surface area (Å²) in [7, 11) is 0. The second kappa shape index (κ2) is 18.8. The molecule has 0 fully saturated rings. The van der Waals surface area contributed by atoms with Crippen LogP contribution in [0.2, 0.25) is 0 Å². The number of nitrogens with one attached hydrogen (secondary N) is 1. The number of ketones is 1. The van der Waals surface area contributed by atoms with Gasteiger partial charge >= 0.3 is 0 Å². The molecule has 1 aliphatic rings. The Hall–Kier alpha value is -3.60. The van der Waals surface area contributed by atoms with Gasteiger partial charge in [-0.05, 0) is 79.0 Å². The first kappa shape index (κ1) is 37.4. The number of hydrogen-bond donors (Lipinski definition) is 1. The van der Waals surface area contributed by atoms with E-state index < -0.39 is 0 Å². The summed E-state index contributed by atoms with van der Waals surface area (Å²) in [6, 6.07) is 11.7. The van der Waals surface area contributed by atoms with E-state index in [0.29, 0.717) is 29.0 Å². The van der Waals surface area contributed by atoms with E-state index in [0.717, 1.165) is 42.4 Å². The molecule has 4 nitrogen and oxygen atoms in total. The molecule has 0 aromatic heterocycles. The van der Waals surface area contributed by atoms with Gasteiger partial charge in [-0.3, -0.25) is 14.6 Å². The van der Waals surface area contributed by atoms with Crippen molar-refractivity contribution >= 4 is 28.7 Å². The maximum Gasteiger partial charge on any atom is 0.255 e. The Bertz CT molecular complexity index is 1310. The van der Waals surface area contributed by atoms with E-state index in [1.54, 1.807) is 24.4 Å². The first-order valence-corrected chi connectivity index (χ1v) is 15.9. The molecular weight excluding hydrogens is 535 g/mol. The topological polar surface area (TPSA) is 58.5 Å². The number of allylic oxidation sites excluding steroid dienone is 3. The van der Waals surface area contributed by atoms with Crippen molar-refractivity contribution in [3.63, 3.8) is 0 Å². The zero-order valence-electron chi connectivity index (χ0n) is 28.1. The number of hydrogen-bond acceptors (Lipinski definition) is 3. The molecule has 0 saturated carbocycles. The van der Waals surface area contributed by atoms with Crippen molar-refractivity contribution in [1.29, 1.82) is 0 Å². The fraction of sp³-hybridized carbons (Fsp3) is 0.447. The van der Waals surface area contributed by atoms with E-state index in [2.05, 4.69) is 38.0 Å². The van der Waals surface area contributed by atoms with E-state index in [-0.39, 0.29) is 28.8 Å². The van der Waals surface area contributed by atoms with Crippen molar-refractivity contribution < 1.29 is 14.0 Å². The molecule has 5 heteroatoms. The summed E-state index contributed by atoms with van der Waals surface area (Å²) in [5, 5.41) is 3.03. The number of aryl methyl sites for hydroxylation is 1. The van der Waals surface area contributed by atoms with E-state index in [9.17, 15) is 14.0 Å². The first-order valence-electron chi connectivity index (χ1n) is 15.9. The van der Waals surface area contributed by atoms with Gasteiger partial charge in [0.05, 0.1) is 5.71 Å². The molecule has 2 aromatic rings. The number of anilines is 1. The lowest BCUT2D eigenvalue weighted by Crippen LogP contribution is -2.20. The monoisotopic (exact) mass is 588 g/mol. The van der Waals surface area contributed by atoms with Gasteiger partial charge in [0.1, 0.15) is 5.82 Å². The van der Waals surface area contributed by atoms with Gasteiger partial charge in [0.2, 0.25) is 5.78 Å². The number of rotatable bonds is 11. The fourth-order valence-electron chi connectivity index (χ4n) is 4.57. The zero-order chi connectivity index (χ0) is 32.6. The Balaban J connectivity index is 0.00000221. The quantitative estimate of drug-likeness (QED) is 0.161. The van der Waals surface area contributed by atoms with Crippen LogP contribution in [-0.4, -0.2) is 17.4 Å². The van der Waals surface area contributed by atoms with Crippen LogP contribution in [0.25, 0.3) is 5.57 Å². The number of nitrogens with zero attached hydrogens (tertiary/aromatic N) is 1. The number of carbonyl (C=O) groups excluding carboxylic acids is 2. The average molecular weight is 589 g/mol. The molecule has 0 radical (unpaired) electrons. The minimum absolute atomic E-state index is 0.0419. The molecule has 2 aromatic carbocycles. The Morgan fingerprint density at radius 1 is 1.02 bits per heavy atom. The molecule has 0 saturated heterocycles. The number of halogens is 1. The van der Waals surface area contributed by atoms with Crippen LogP contribution in [-0.2, 0) is 4.79 Å². The molecule has 1 amide bonds. The van der Waals surface area contributed by atoms with Gasteiger partial charge in [-0.1, -0.05) is 105 Å². The predicted molar refractivity (Wildman–Crippen MR) is 183 cm³/mol. The summed E-state index contributed by atoms with van der Waals surface area (Å²) in [6.07, 6.45) is 11.8. The van der Waals surface area contributed by atoms with Gasteiger partial charge in [-0.25, -0.2) is 4.39 Å². The Morgan fingerprint density at radius 3 is 2.23 bits per heavy atom. The van der Waals surface area contributed by atoms with E-state index in [1.807, 2.05) is 71.9 Å². The Labute approximate surface area is 260 Å². The van der Waals surface area contributed by atoms with Crippen molar-refractivity contribution in [2.24, 2.45) is 16.3 Å². The SMILES string of the molecule is CC.CC.CCC/C=C/C(C(=O)Nc1ccc(C)c(C(=O)C2=NC=CC2C)c1)=C(\CCCC(C)(C)C)c1ccc(F)cc1. The van der Waals surface area contributed by atoms with Crippen LogP contribution < -0.4 is 5.32 Å². The molecule has 1 aliphatic heterocycles. The number of carbonyl (C=O) groups is 2. The third-order valence-corrected chi connectivity index (χ3v) is 6.85. The lowest BCUT2D eigenvalue weighted by atomic mass is 9.86. The highest BCUT2D eigenvalue weighted by Gasteiger charge is 2.23. The van der Waals surface area contributed by atoms with Gasteiger partial charge in [0.25, 0.3) is 5.91 Å². The maximum absolute atomic E-state index is 13.8. The average Bonchev–Trinajstić information content (AvgIpc) is 3.42. The summed E-state index contributed by atoms with van der Waals surface area (Å²) >= 11 is 0. The highest BCUT2D eigenvalue weighted by molar-refractivity contribution is 6.47. The third kappa shape index (κ3) is 11.9. The highest BCUT2D eigenvalue weighted by atomic mass is 19.1. The van der Waals surface area contributed by atoms with Crippen LogP contribution in [0.3, 0.4) is 0 Å². The van der Waals surface area contributed by atoms with Crippen molar-refractivity contribution in [2.45, 2.75) is 101 Å². The van der Waals surface area contributed by atoms with Crippen molar-refractivity contribution in [3.8, 4) is 0 Å². The molecule has 43 heavy (non-hydrogen) atoms. The smallest absolute Gasteiger partial charge is 0.255 e. The van der Waals surface area contributed by atoms with Gasteiger partial charge < -0.3 is 5.32 Å². The third-order valence-electron chi connectivity index (χ3n) is 6.85. The lowest BCUT2D eigenvalue weighted by molar-refractivity contribution is -0.112. The lowest BCUT2D eigenvalue weighted by Gasteiger charge is -2.20. The van der Waals surface area contributed by atoms with Crippen molar-refractivity contribution in [1.82, 2.24) is 0 Å². The summed E-state index contributed by atoms with van der Waals surface area (Å²) < 4.78 is 13.8. The largest absolute Gasteiger partial charge is 0.322 e. The second-order valence-electron chi connectivity index (χ2n) is 11.5. The van der Waals surface area contributed by atoms with Gasteiger partial charge in [0, 0.05) is 28.9 Å². The fourth-order valence-corrected chi connectivity index (χ4v) is 4.57. The van der Waals surface area contributed by atoms with E-state index in [4.69, 9.17) is 0 Å². The minimum atomic E-state index is -0.312. The molecule has 0 spiro atoms. The first-order chi connectivity index (χ1) is 20.5. The molecular formula is C38H53FN2O2. The molecule has 1 heterocycles. The van der Waals surface area contributed by atoms with Crippen LogP contribution in [0, 0.1) is 24.1 Å². The van der Waals surface area contributed by atoms with E-state index in [1.165, 1.54) is 12.1 Å². The summed E-state index contributed by atoms with van der Waals surface area (Å²) in [5.41, 5.74) is 4.83. The van der Waals surface area contributed by atoms with Crippen molar-refractivity contribution in [3.05, 3.63) is 95.0 Å². The molecule has 1 atom stereocenters. The van der Waals surface area contributed by atoms with Gasteiger partial charge in [0.15, 0.2) is 0 Å². The van der Waals surface area contributed by atoms with Crippen LogP contribution in [0.4, 0.5) is 10.1 Å². The minimum Gasteiger partial charge on any atom is -0.322 e. The zero-order valence-corrected chi connectivity index (χ0v) is 28.1. The van der Waals surface area contributed by atoms with Gasteiger partial charge in [-0.15, -0.1) is 0 Å². The number of aliphatic imine (C=N–C) groups is 1. The summed E-state index contributed by atoms with van der Waals surface area (Å²) in [6.45, 7) is 20.5. The number of unbranched alkanes of at least 4 members (excludes halogenated alkanes) is 1. The Kier molecular flexibility index (Phi) is 16.4. The second-order valence-corrected chi connectivity index (χ2v) is 11.5. The predicted octanol–water partition coefficient (Wildman–Crippen LogP) is 10.9. The summed E-state index contributed by atoms with van der Waals surface area (Å²) in [5.74, 6) is -0.741. The molecule has 1 unspecified atom stereocenters. The molecule has 1 N–H and O–H groups in total. The molecule has 0 aliphatic carbocycles. The maximum atomic E-state index is 13.8. The standard InChI is InChI=1S/C34H41FN2O2.2C2H6/c1-7-8-9-11-29(28(12-10-20-34(4,5)6)25-14-16-26(35)17-15-25)33(39)37-27-18-13-23(2)30(22-27)32(38)31-24(3)19-21-36-31;2*1-2/h9,11,13-19,21-22,24H,7-8,10,12,20H2,1-6H3,(H,37,39);2*1-2H3/b11-9+,29-28-;;. The highest BCUT2D eigenvalue weighted by Crippen LogP contribution is 2.31. The summed E-state index contributed by atoms with van der Waals surface area (Å²) in [4.78, 5) is 31.3. The van der Waals surface area contributed by atoms with Crippen LogP contribution in [0.1, 0.15) is 116 Å². The van der Waals surface area contributed by atoms with E-state index >= 15 is 0 Å². The van der Waals surface area contributed by atoms with Crippen molar-refractivity contribution in [2.75, 3.05) is 5.32 Å². The molecule has 3 rings (SSSR count). The van der Waals surface area contributed by atoms with Gasteiger partial charge in [-0.2, -0.15) is 0 Å². The van der Waals surface area contributed by atoms with Crippen LogP contribution >= 0.6 is 0 Å². The molecule has 234 valence electrons. The molecule has 0 bridgehead atoms. The Morgan fingerprint density at radius 2 is 1.67 bits per heavy atom. The number of Topliss-reactive ketones (excluding diaryl/α,β-unsaturated/α-hetero) is 1. The number of amides is 1. The number of benzene rings is 2. The van der Waals surface area contributed by atoms with Crippen LogP contribution in [0.5, 0.6) is 0 Å². The normalized spacial score (nSPS) is 14.7.